The molecule has 114 valence electrons. The van der Waals surface area contributed by atoms with Crippen LogP contribution >= 0.6 is 0 Å². The largest absolute Gasteiger partial charge is 0.492 e. The molecule has 0 fully saturated rings. The van der Waals surface area contributed by atoms with Crippen molar-refractivity contribution in [3.63, 3.8) is 0 Å². The van der Waals surface area contributed by atoms with Gasteiger partial charge in [0.1, 0.15) is 12.4 Å². The monoisotopic (exact) mass is 296 g/mol. The highest BCUT2D eigenvalue weighted by Crippen LogP contribution is 2.24. The molecule has 1 aliphatic heterocycles. The van der Waals surface area contributed by atoms with Gasteiger partial charge < -0.3 is 15.4 Å². The topological polar surface area (TPSA) is 50.4 Å². The van der Waals surface area contributed by atoms with Gasteiger partial charge in [-0.1, -0.05) is 17.2 Å². The van der Waals surface area contributed by atoms with Crippen LogP contribution in [0.1, 0.15) is 27.0 Å². The number of benzene rings is 2. The molecule has 0 aliphatic carbocycles. The van der Waals surface area contributed by atoms with Gasteiger partial charge in [-0.15, -0.1) is 0 Å². The van der Waals surface area contributed by atoms with Crippen molar-refractivity contribution >= 4 is 11.6 Å². The molecule has 1 heterocycles. The lowest BCUT2D eigenvalue weighted by molar-refractivity contribution is 0.102. The predicted molar refractivity (Wildman–Crippen MR) is 87.5 cm³/mol. The number of nitrogens with one attached hydrogen (secondary N) is 2. The molecule has 0 aromatic heterocycles. The maximum atomic E-state index is 12.4. The fourth-order valence-corrected chi connectivity index (χ4v) is 2.70. The van der Waals surface area contributed by atoms with Gasteiger partial charge in [0, 0.05) is 29.9 Å². The summed E-state index contributed by atoms with van der Waals surface area (Å²) in [5.74, 6) is 0.795. The summed E-state index contributed by atoms with van der Waals surface area (Å²) in [6.45, 7) is 6.24. The molecule has 2 N–H and O–H groups in total. The maximum absolute atomic E-state index is 12.4. The van der Waals surface area contributed by atoms with E-state index >= 15 is 0 Å². The molecule has 22 heavy (non-hydrogen) atoms. The first-order valence-electron chi connectivity index (χ1n) is 7.48. The number of carbonyl (C=O) groups is 1. The van der Waals surface area contributed by atoms with Crippen LogP contribution in [0.2, 0.25) is 0 Å². The summed E-state index contributed by atoms with van der Waals surface area (Å²) < 4.78 is 5.65. The predicted octanol–water partition coefficient (Wildman–Crippen LogP) is 3.04. The first-order valence-corrected chi connectivity index (χ1v) is 7.48. The second-order valence-electron chi connectivity index (χ2n) is 5.68. The van der Waals surface area contributed by atoms with Crippen molar-refractivity contribution in [2.24, 2.45) is 0 Å². The first-order chi connectivity index (χ1) is 10.6. The molecule has 0 radical (unpaired) electrons. The van der Waals surface area contributed by atoms with E-state index in [9.17, 15) is 4.79 Å². The van der Waals surface area contributed by atoms with Gasteiger partial charge >= 0.3 is 0 Å². The van der Waals surface area contributed by atoms with Crippen LogP contribution in [0, 0.1) is 13.8 Å². The molecule has 4 heteroatoms. The van der Waals surface area contributed by atoms with Crippen molar-refractivity contribution in [1.82, 2.24) is 5.32 Å². The molecule has 0 unspecified atom stereocenters. The van der Waals surface area contributed by atoms with Crippen LogP contribution in [0.5, 0.6) is 5.75 Å². The summed E-state index contributed by atoms with van der Waals surface area (Å²) in [5, 5.41) is 6.25. The molecule has 0 saturated carbocycles. The number of ether oxygens (including phenoxy) is 1. The highest BCUT2D eigenvalue weighted by molar-refractivity contribution is 6.04. The Morgan fingerprint density at radius 1 is 1.14 bits per heavy atom. The highest BCUT2D eigenvalue weighted by atomic mass is 16.5. The Balaban J connectivity index is 1.80. The number of hydrogen-bond donors (Lipinski definition) is 2. The zero-order valence-corrected chi connectivity index (χ0v) is 12.9. The van der Waals surface area contributed by atoms with E-state index < -0.39 is 0 Å². The van der Waals surface area contributed by atoms with Gasteiger partial charge in [0.15, 0.2) is 0 Å². The van der Waals surface area contributed by atoms with E-state index in [1.807, 2.05) is 44.2 Å². The Morgan fingerprint density at radius 2 is 1.91 bits per heavy atom. The maximum Gasteiger partial charge on any atom is 0.255 e. The molecule has 2 aromatic rings. The molecule has 2 aromatic carbocycles. The fourth-order valence-electron chi connectivity index (χ4n) is 2.70. The second kappa shape index (κ2) is 6.20. The zero-order valence-electron chi connectivity index (χ0n) is 12.9. The smallest absolute Gasteiger partial charge is 0.255 e. The van der Waals surface area contributed by atoms with Crippen molar-refractivity contribution in [3.8, 4) is 5.75 Å². The number of hydrogen-bond acceptors (Lipinski definition) is 3. The van der Waals surface area contributed by atoms with Gasteiger partial charge in [0.2, 0.25) is 0 Å². The summed E-state index contributed by atoms with van der Waals surface area (Å²) in [6, 6.07) is 11.6. The van der Waals surface area contributed by atoms with E-state index in [0.29, 0.717) is 12.2 Å². The molecular formula is C18H20N2O2. The number of aryl methyl sites for hydroxylation is 2. The third-order valence-electron chi connectivity index (χ3n) is 3.65. The normalized spacial score (nSPS) is 13.7. The Morgan fingerprint density at radius 3 is 2.68 bits per heavy atom. The molecule has 1 amide bonds. The summed E-state index contributed by atoms with van der Waals surface area (Å²) in [5.41, 5.74) is 4.71. The van der Waals surface area contributed by atoms with Crippen LogP contribution in [0.3, 0.4) is 0 Å². The van der Waals surface area contributed by atoms with Gasteiger partial charge in [0.05, 0.1) is 0 Å². The lowest BCUT2D eigenvalue weighted by Crippen LogP contribution is -2.16. The van der Waals surface area contributed by atoms with E-state index in [4.69, 9.17) is 4.74 Å². The van der Waals surface area contributed by atoms with Crippen molar-refractivity contribution in [2.75, 3.05) is 18.5 Å². The minimum absolute atomic E-state index is 0.0887. The van der Waals surface area contributed by atoms with E-state index in [2.05, 4.69) is 16.7 Å². The lowest BCUT2D eigenvalue weighted by Gasteiger charge is -2.11. The lowest BCUT2D eigenvalue weighted by atomic mass is 10.1. The SMILES string of the molecule is Cc1cc(C)cc(C(=O)Nc2ccc3c(c2)CNCCO3)c1. The molecule has 3 rings (SSSR count). The van der Waals surface area contributed by atoms with Crippen LogP contribution in [-0.2, 0) is 6.54 Å². The van der Waals surface area contributed by atoms with E-state index in [1.165, 1.54) is 0 Å². The zero-order chi connectivity index (χ0) is 15.5. The Labute approximate surface area is 130 Å². The quantitative estimate of drug-likeness (QED) is 0.895. The molecule has 0 spiro atoms. The van der Waals surface area contributed by atoms with Gasteiger partial charge in [-0.25, -0.2) is 0 Å². The van der Waals surface area contributed by atoms with Crippen LogP contribution in [0.15, 0.2) is 36.4 Å². The second-order valence-corrected chi connectivity index (χ2v) is 5.68. The minimum atomic E-state index is -0.0887. The van der Waals surface area contributed by atoms with Crippen molar-refractivity contribution < 1.29 is 9.53 Å². The molecular weight excluding hydrogens is 276 g/mol. The Hall–Kier alpha value is -2.33. The molecule has 0 saturated heterocycles. The average molecular weight is 296 g/mol. The minimum Gasteiger partial charge on any atom is -0.492 e. The van der Waals surface area contributed by atoms with E-state index in [-0.39, 0.29) is 5.91 Å². The third kappa shape index (κ3) is 3.28. The van der Waals surface area contributed by atoms with Crippen LogP contribution in [0.25, 0.3) is 0 Å². The number of anilines is 1. The Kier molecular flexibility index (Phi) is 4.11. The van der Waals surface area contributed by atoms with Gasteiger partial charge in [-0.3, -0.25) is 4.79 Å². The number of rotatable bonds is 2. The number of amides is 1. The average Bonchev–Trinajstić information content (AvgIpc) is 2.71. The van der Waals surface area contributed by atoms with Gasteiger partial charge in [-0.2, -0.15) is 0 Å². The standard InChI is InChI=1S/C18H20N2O2/c1-12-7-13(2)9-14(8-12)18(21)20-16-3-4-17-15(10-16)11-19-5-6-22-17/h3-4,7-10,19H,5-6,11H2,1-2H3,(H,20,21). The molecule has 0 atom stereocenters. The molecule has 0 bridgehead atoms. The van der Waals surface area contributed by atoms with Gasteiger partial charge in [-0.05, 0) is 44.2 Å². The van der Waals surface area contributed by atoms with Crippen molar-refractivity contribution in [1.29, 1.82) is 0 Å². The number of fused-ring (bicyclic) bond motifs is 1. The van der Waals surface area contributed by atoms with Crippen molar-refractivity contribution in [2.45, 2.75) is 20.4 Å². The summed E-state index contributed by atoms with van der Waals surface area (Å²) >= 11 is 0. The molecule has 4 nitrogen and oxygen atoms in total. The van der Waals surface area contributed by atoms with E-state index in [0.717, 1.165) is 41.2 Å². The summed E-state index contributed by atoms with van der Waals surface area (Å²) in [6.07, 6.45) is 0. The van der Waals surface area contributed by atoms with Crippen molar-refractivity contribution in [3.05, 3.63) is 58.7 Å². The van der Waals surface area contributed by atoms with Crippen LogP contribution < -0.4 is 15.4 Å². The van der Waals surface area contributed by atoms with Crippen LogP contribution in [-0.4, -0.2) is 19.1 Å². The third-order valence-corrected chi connectivity index (χ3v) is 3.65. The first kappa shape index (κ1) is 14.6. The van der Waals surface area contributed by atoms with Gasteiger partial charge in [0.25, 0.3) is 5.91 Å². The Bertz CT molecular complexity index is 690. The fraction of sp³-hybridized carbons (Fsp3) is 0.278. The summed E-state index contributed by atoms with van der Waals surface area (Å²) in [7, 11) is 0. The highest BCUT2D eigenvalue weighted by Gasteiger charge is 2.11. The van der Waals surface area contributed by atoms with Crippen LogP contribution in [0.4, 0.5) is 5.69 Å². The molecule has 1 aliphatic rings. The summed E-state index contributed by atoms with van der Waals surface area (Å²) in [4.78, 5) is 12.4. The van der Waals surface area contributed by atoms with E-state index in [1.54, 1.807) is 0 Å². The number of carbonyl (C=O) groups excluding carboxylic acids is 1.